The highest BCUT2D eigenvalue weighted by molar-refractivity contribution is 5.76. The molecular weight excluding hydrogens is 366 g/mol. The van der Waals surface area contributed by atoms with Crippen LogP contribution < -0.4 is 4.74 Å². The maximum absolute atomic E-state index is 12.7. The predicted octanol–water partition coefficient (Wildman–Crippen LogP) is 2.83. The second-order valence-corrected chi connectivity index (χ2v) is 8.21. The van der Waals surface area contributed by atoms with Crippen LogP contribution in [0.15, 0.2) is 24.3 Å². The van der Waals surface area contributed by atoms with Gasteiger partial charge < -0.3 is 14.5 Å². The number of carbonyl (C=O) groups excluding carboxylic acids is 1. The molecule has 1 aromatic rings. The minimum atomic E-state index is 0.261. The zero-order valence-electron chi connectivity index (χ0n) is 18.1. The number of hydroxylamine groups is 2. The number of benzene rings is 1. The highest BCUT2D eigenvalue weighted by atomic mass is 16.7. The number of piperidine rings is 1. The van der Waals surface area contributed by atoms with E-state index in [4.69, 9.17) is 9.57 Å². The molecule has 6 nitrogen and oxygen atoms in total. The van der Waals surface area contributed by atoms with Crippen molar-refractivity contribution >= 4 is 5.91 Å². The molecule has 0 aromatic heterocycles. The zero-order chi connectivity index (χ0) is 20.5. The van der Waals surface area contributed by atoms with Crippen LogP contribution in [0, 0.1) is 5.92 Å². The van der Waals surface area contributed by atoms with Gasteiger partial charge in [-0.05, 0) is 62.8 Å². The molecule has 2 fully saturated rings. The fourth-order valence-electron chi connectivity index (χ4n) is 4.39. The molecule has 2 heterocycles. The predicted molar refractivity (Wildman–Crippen MR) is 115 cm³/mol. The number of rotatable bonds is 10. The molecule has 6 heteroatoms. The van der Waals surface area contributed by atoms with E-state index in [-0.39, 0.29) is 5.91 Å². The summed E-state index contributed by atoms with van der Waals surface area (Å²) in [5, 5.41) is 1.94. The molecular formula is C23H37N3O3. The Hall–Kier alpha value is -1.63. The van der Waals surface area contributed by atoms with Crippen molar-refractivity contribution in [2.24, 2.45) is 5.92 Å². The summed E-state index contributed by atoms with van der Waals surface area (Å²) < 4.78 is 5.33. The molecule has 0 spiro atoms. The highest BCUT2D eigenvalue weighted by Gasteiger charge is 2.24. The summed E-state index contributed by atoms with van der Waals surface area (Å²) in [5.74, 6) is 1.76. The van der Waals surface area contributed by atoms with Gasteiger partial charge in [0.2, 0.25) is 5.91 Å². The quantitative estimate of drug-likeness (QED) is 0.601. The molecule has 29 heavy (non-hydrogen) atoms. The van der Waals surface area contributed by atoms with Crippen molar-refractivity contribution in [3.8, 4) is 5.75 Å². The van der Waals surface area contributed by atoms with E-state index in [9.17, 15) is 4.79 Å². The van der Waals surface area contributed by atoms with Crippen molar-refractivity contribution in [3.63, 3.8) is 0 Å². The second-order valence-electron chi connectivity index (χ2n) is 8.21. The van der Waals surface area contributed by atoms with Gasteiger partial charge in [0.15, 0.2) is 0 Å². The van der Waals surface area contributed by atoms with Crippen LogP contribution >= 0.6 is 0 Å². The monoisotopic (exact) mass is 403 g/mol. The number of hydrogen-bond donors (Lipinski definition) is 0. The van der Waals surface area contributed by atoms with Crippen LogP contribution in [0.2, 0.25) is 0 Å². The number of likely N-dealkylation sites (tertiary alicyclic amines) is 1. The Labute approximate surface area is 175 Å². The van der Waals surface area contributed by atoms with Gasteiger partial charge in [0.1, 0.15) is 5.75 Å². The lowest BCUT2D eigenvalue weighted by Gasteiger charge is -2.35. The van der Waals surface area contributed by atoms with Crippen molar-refractivity contribution in [2.45, 2.75) is 39.0 Å². The van der Waals surface area contributed by atoms with Crippen molar-refractivity contribution in [1.29, 1.82) is 0 Å². The van der Waals surface area contributed by atoms with Gasteiger partial charge in [-0.25, -0.2) is 0 Å². The number of nitrogens with zero attached hydrogens (tertiary/aromatic N) is 3. The van der Waals surface area contributed by atoms with E-state index in [2.05, 4.69) is 30.0 Å². The summed E-state index contributed by atoms with van der Waals surface area (Å²) in [6.45, 7) is 9.53. The fourth-order valence-corrected chi connectivity index (χ4v) is 4.39. The molecule has 3 rings (SSSR count). The van der Waals surface area contributed by atoms with Gasteiger partial charge in [-0.2, -0.15) is 5.06 Å². The maximum atomic E-state index is 12.7. The third kappa shape index (κ3) is 6.98. The van der Waals surface area contributed by atoms with Crippen molar-refractivity contribution in [1.82, 2.24) is 14.9 Å². The van der Waals surface area contributed by atoms with Crippen LogP contribution in [-0.2, 0) is 16.1 Å². The number of carbonyl (C=O) groups is 1. The number of amides is 1. The SMILES string of the molecule is CCN(CC1CCCN(CCc2cccc(OC)c2)C1)C(=O)CCN1CCCO1. The van der Waals surface area contributed by atoms with Crippen LogP contribution in [0.3, 0.4) is 0 Å². The van der Waals surface area contributed by atoms with Crippen molar-refractivity contribution in [2.75, 3.05) is 59.5 Å². The first-order valence-electron chi connectivity index (χ1n) is 11.2. The average molecular weight is 404 g/mol. The molecule has 162 valence electrons. The Morgan fingerprint density at radius 3 is 2.93 bits per heavy atom. The average Bonchev–Trinajstić information content (AvgIpc) is 3.28. The lowest BCUT2D eigenvalue weighted by Crippen LogP contribution is -2.43. The van der Waals surface area contributed by atoms with E-state index in [1.165, 1.54) is 18.4 Å². The van der Waals surface area contributed by atoms with E-state index in [1.807, 2.05) is 16.0 Å². The summed E-state index contributed by atoms with van der Waals surface area (Å²) in [7, 11) is 1.72. The molecule has 0 bridgehead atoms. The van der Waals surface area contributed by atoms with Crippen LogP contribution in [0.4, 0.5) is 0 Å². The molecule has 2 aliphatic heterocycles. The molecule has 0 N–H and O–H groups in total. The highest BCUT2D eigenvalue weighted by Crippen LogP contribution is 2.20. The maximum Gasteiger partial charge on any atom is 0.223 e. The first-order chi connectivity index (χ1) is 14.2. The summed E-state index contributed by atoms with van der Waals surface area (Å²) in [6, 6.07) is 8.35. The largest absolute Gasteiger partial charge is 0.497 e. The molecule has 1 amide bonds. The molecule has 1 aromatic carbocycles. The third-order valence-electron chi connectivity index (χ3n) is 6.07. The van der Waals surface area contributed by atoms with Crippen LogP contribution in [0.25, 0.3) is 0 Å². The number of methoxy groups -OCH3 is 1. The van der Waals surface area contributed by atoms with Gasteiger partial charge in [-0.1, -0.05) is 12.1 Å². The first-order valence-corrected chi connectivity index (χ1v) is 11.2. The van der Waals surface area contributed by atoms with Gasteiger partial charge in [0, 0.05) is 45.7 Å². The van der Waals surface area contributed by atoms with E-state index in [0.29, 0.717) is 18.9 Å². The Balaban J connectivity index is 1.42. The van der Waals surface area contributed by atoms with Gasteiger partial charge in [-0.3, -0.25) is 9.63 Å². The van der Waals surface area contributed by atoms with E-state index < -0.39 is 0 Å². The topological polar surface area (TPSA) is 45.2 Å². The molecule has 1 unspecified atom stereocenters. The van der Waals surface area contributed by atoms with E-state index in [0.717, 1.165) is 64.5 Å². The molecule has 2 aliphatic rings. The Morgan fingerprint density at radius 1 is 1.28 bits per heavy atom. The number of ether oxygens (including phenoxy) is 1. The number of hydrogen-bond acceptors (Lipinski definition) is 5. The van der Waals surface area contributed by atoms with Gasteiger partial charge in [0.05, 0.1) is 13.7 Å². The van der Waals surface area contributed by atoms with Crippen LogP contribution in [0.5, 0.6) is 5.75 Å². The van der Waals surface area contributed by atoms with E-state index in [1.54, 1.807) is 7.11 Å². The minimum absolute atomic E-state index is 0.261. The lowest BCUT2D eigenvalue weighted by atomic mass is 9.96. The lowest BCUT2D eigenvalue weighted by molar-refractivity contribution is -0.139. The van der Waals surface area contributed by atoms with Gasteiger partial charge >= 0.3 is 0 Å². The third-order valence-corrected chi connectivity index (χ3v) is 6.07. The van der Waals surface area contributed by atoms with Crippen LogP contribution in [-0.4, -0.2) is 80.3 Å². The molecule has 0 saturated carbocycles. The fraction of sp³-hybridized carbons (Fsp3) is 0.696. The zero-order valence-corrected chi connectivity index (χ0v) is 18.1. The Morgan fingerprint density at radius 2 is 2.17 bits per heavy atom. The summed E-state index contributed by atoms with van der Waals surface area (Å²) >= 11 is 0. The van der Waals surface area contributed by atoms with E-state index >= 15 is 0 Å². The van der Waals surface area contributed by atoms with Crippen molar-refractivity contribution in [3.05, 3.63) is 29.8 Å². The summed E-state index contributed by atoms with van der Waals surface area (Å²) in [5.41, 5.74) is 1.32. The summed E-state index contributed by atoms with van der Waals surface area (Å²) in [4.78, 5) is 22.8. The summed E-state index contributed by atoms with van der Waals surface area (Å²) in [6.07, 6.45) is 5.10. The molecule has 2 saturated heterocycles. The normalized spacial score (nSPS) is 20.7. The first kappa shape index (κ1) is 22.1. The molecule has 1 atom stereocenters. The van der Waals surface area contributed by atoms with Gasteiger partial charge in [0.25, 0.3) is 0 Å². The van der Waals surface area contributed by atoms with Crippen molar-refractivity contribution < 1.29 is 14.4 Å². The Bertz CT molecular complexity index is 634. The standard InChI is InChI=1S/C23H37N3O3/c1-3-25(23(27)11-15-26-13-6-16-29-26)19-21-8-5-12-24(18-21)14-10-20-7-4-9-22(17-20)28-2/h4,7,9,17,21H,3,5-6,8,10-16,18-19H2,1-2H3. The smallest absolute Gasteiger partial charge is 0.223 e. The van der Waals surface area contributed by atoms with Crippen LogP contribution in [0.1, 0.15) is 38.2 Å². The van der Waals surface area contributed by atoms with Gasteiger partial charge in [-0.15, -0.1) is 0 Å². The molecule has 0 radical (unpaired) electrons. The second kappa shape index (κ2) is 11.5. The Kier molecular flexibility index (Phi) is 8.77. The molecule has 0 aliphatic carbocycles. The minimum Gasteiger partial charge on any atom is -0.497 e.